The summed E-state index contributed by atoms with van der Waals surface area (Å²) in [4.78, 5) is 44.1. The van der Waals surface area contributed by atoms with Gasteiger partial charge in [-0.25, -0.2) is 4.79 Å². The lowest BCUT2D eigenvalue weighted by Crippen LogP contribution is -2.43. The minimum atomic E-state index is -0.669. The maximum Gasteiger partial charge on any atom is 0.332 e. The third kappa shape index (κ3) is 5.87. The lowest BCUT2D eigenvalue weighted by atomic mass is 10.1. The van der Waals surface area contributed by atoms with E-state index < -0.39 is 11.2 Å². The molecule has 0 fully saturated rings. The van der Waals surface area contributed by atoms with Crippen molar-refractivity contribution >= 4 is 16.8 Å². The van der Waals surface area contributed by atoms with Crippen molar-refractivity contribution in [1.29, 1.82) is 0 Å². The second-order valence-corrected chi connectivity index (χ2v) is 9.31. The zero-order chi connectivity index (χ0) is 29.6. The second kappa shape index (κ2) is 12.4. The Bertz CT molecular complexity index is 1840. The van der Waals surface area contributed by atoms with Gasteiger partial charge in [0.2, 0.25) is 17.6 Å². The summed E-state index contributed by atoms with van der Waals surface area (Å²) >= 11 is 0. The number of hydrogen-bond donors (Lipinski definition) is 1. The molecule has 0 bridgehead atoms. The number of amides is 1. The lowest BCUT2D eigenvalue weighted by Gasteiger charge is -2.13. The Morgan fingerprint density at radius 3 is 2.40 bits per heavy atom. The van der Waals surface area contributed by atoms with Crippen LogP contribution in [0.2, 0.25) is 0 Å². The van der Waals surface area contributed by atoms with Gasteiger partial charge in [0.1, 0.15) is 18.8 Å². The first-order valence-corrected chi connectivity index (χ1v) is 13.1. The van der Waals surface area contributed by atoms with Crippen LogP contribution in [0.5, 0.6) is 17.2 Å². The fourth-order valence-corrected chi connectivity index (χ4v) is 4.56. The van der Waals surface area contributed by atoms with Crippen molar-refractivity contribution < 1.29 is 23.5 Å². The van der Waals surface area contributed by atoms with E-state index in [4.69, 9.17) is 18.7 Å². The number of rotatable bonds is 11. The first kappa shape index (κ1) is 28.1. The fourth-order valence-electron chi connectivity index (χ4n) is 4.56. The molecule has 2 aromatic heterocycles. The predicted octanol–water partition coefficient (Wildman–Crippen LogP) is 2.65. The summed E-state index contributed by atoms with van der Waals surface area (Å²) in [5.74, 6) is 1.88. The van der Waals surface area contributed by atoms with Crippen LogP contribution >= 0.6 is 0 Å². The van der Waals surface area contributed by atoms with Crippen LogP contribution in [0.1, 0.15) is 11.5 Å². The molecule has 0 aliphatic heterocycles. The Morgan fingerprint density at radius 1 is 0.905 bits per heavy atom. The number of carbonyl (C=O) groups excluding carboxylic acids is 1. The van der Waals surface area contributed by atoms with Crippen LogP contribution in [0.4, 0.5) is 0 Å². The summed E-state index contributed by atoms with van der Waals surface area (Å²) < 4.78 is 23.4. The van der Waals surface area contributed by atoms with Crippen molar-refractivity contribution in [3.63, 3.8) is 0 Å². The van der Waals surface area contributed by atoms with E-state index in [-0.39, 0.29) is 30.3 Å². The van der Waals surface area contributed by atoms with Gasteiger partial charge < -0.3 is 24.1 Å². The summed E-state index contributed by atoms with van der Waals surface area (Å²) in [7, 11) is 4.69. The molecule has 5 aromatic rings. The standard InChI is InChI=1S/C30H29N5O7/c1-39-21-11-9-20(10-12-21)28-32-27(42-33-28)18-35-29(37)22-6-4-5-7-23(22)34(30(35)38)17-26(36)31-15-14-19-8-13-24(40-2)25(16-19)41-3/h4-13,16H,14-15,17-18H2,1-3H3,(H,31,36). The Labute approximate surface area is 240 Å². The Kier molecular flexibility index (Phi) is 8.32. The number of aromatic nitrogens is 4. The smallest absolute Gasteiger partial charge is 0.332 e. The largest absolute Gasteiger partial charge is 0.497 e. The van der Waals surface area contributed by atoms with E-state index in [0.717, 1.165) is 10.1 Å². The Morgan fingerprint density at radius 2 is 1.67 bits per heavy atom. The van der Waals surface area contributed by atoms with Crippen molar-refractivity contribution in [3.8, 4) is 28.6 Å². The quantitative estimate of drug-likeness (QED) is 0.253. The van der Waals surface area contributed by atoms with Gasteiger partial charge >= 0.3 is 5.69 Å². The third-order valence-corrected chi connectivity index (χ3v) is 6.73. The second-order valence-electron chi connectivity index (χ2n) is 9.31. The van der Waals surface area contributed by atoms with Crippen molar-refractivity contribution in [1.82, 2.24) is 24.6 Å². The minimum Gasteiger partial charge on any atom is -0.497 e. The first-order chi connectivity index (χ1) is 20.4. The summed E-state index contributed by atoms with van der Waals surface area (Å²) in [6.07, 6.45) is 0.537. The van der Waals surface area contributed by atoms with Gasteiger partial charge in [-0.2, -0.15) is 4.98 Å². The van der Waals surface area contributed by atoms with Crippen molar-refractivity contribution in [2.45, 2.75) is 19.5 Å². The number of nitrogens with one attached hydrogen (secondary N) is 1. The van der Waals surface area contributed by atoms with Crippen LogP contribution in [0.15, 0.2) is 80.8 Å². The van der Waals surface area contributed by atoms with Crippen molar-refractivity contribution in [2.24, 2.45) is 0 Å². The monoisotopic (exact) mass is 571 g/mol. The molecule has 0 saturated heterocycles. The summed E-state index contributed by atoms with van der Waals surface area (Å²) in [6.45, 7) is -0.212. The third-order valence-electron chi connectivity index (χ3n) is 6.73. The van der Waals surface area contributed by atoms with Gasteiger partial charge in [0.25, 0.3) is 5.56 Å². The number of para-hydroxylation sites is 1. The van der Waals surface area contributed by atoms with Crippen molar-refractivity contribution in [2.75, 3.05) is 27.9 Å². The van der Waals surface area contributed by atoms with Gasteiger partial charge in [0.15, 0.2) is 11.5 Å². The SMILES string of the molecule is COc1ccc(-c2noc(Cn3c(=O)c4ccccc4n(CC(=O)NCCc4ccc(OC)c(OC)c4)c3=O)n2)cc1. The van der Waals surface area contributed by atoms with Crippen LogP contribution in [-0.2, 0) is 24.3 Å². The molecule has 5 rings (SSSR count). The number of benzene rings is 3. The number of hydrogen-bond acceptors (Lipinski definition) is 9. The van der Waals surface area contributed by atoms with Crippen molar-refractivity contribution in [3.05, 3.63) is 99.0 Å². The molecule has 3 aromatic carbocycles. The lowest BCUT2D eigenvalue weighted by molar-refractivity contribution is -0.121. The average Bonchev–Trinajstić information content (AvgIpc) is 3.50. The van der Waals surface area contributed by atoms with Crippen LogP contribution < -0.4 is 30.8 Å². The molecule has 1 amide bonds. The predicted molar refractivity (Wildman–Crippen MR) is 154 cm³/mol. The molecule has 2 heterocycles. The van der Waals surface area contributed by atoms with E-state index >= 15 is 0 Å². The number of methoxy groups -OCH3 is 3. The van der Waals surface area contributed by atoms with Crippen LogP contribution in [0.25, 0.3) is 22.3 Å². The van der Waals surface area contributed by atoms with Gasteiger partial charge in [-0.1, -0.05) is 23.4 Å². The number of fused-ring (bicyclic) bond motifs is 1. The van der Waals surface area contributed by atoms with Gasteiger partial charge in [-0.15, -0.1) is 0 Å². The van der Waals surface area contributed by atoms with Gasteiger partial charge in [-0.05, 0) is 60.5 Å². The zero-order valence-electron chi connectivity index (χ0n) is 23.3. The normalized spacial score (nSPS) is 10.9. The molecule has 0 aliphatic carbocycles. The molecule has 0 unspecified atom stereocenters. The van der Waals surface area contributed by atoms with Gasteiger partial charge in [0, 0.05) is 12.1 Å². The van der Waals surface area contributed by atoms with Gasteiger partial charge in [-0.3, -0.25) is 18.7 Å². The summed E-state index contributed by atoms with van der Waals surface area (Å²) in [5.41, 5.74) is 0.780. The molecule has 0 radical (unpaired) electrons. The molecule has 0 saturated carbocycles. The number of ether oxygens (including phenoxy) is 3. The number of nitrogens with zero attached hydrogens (tertiary/aromatic N) is 4. The van der Waals surface area contributed by atoms with E-state index in [9.17, 15) is 14.4 Å². The zero-order valence-corrected chi connectivity index (χ0v) is 23.3. The minimum absolute atomic E-state index is 0.0706. The molecular weight excluding hydrogens is 542 g/mol. The Hall–Kier alpha value is -5.39. The molecule has 0 spiro atoms. The van der Waals surface area contributed by atoms with E-state index in [1.807, 2.05) is 12.1 Å². The molecule has 216 valence electrons. The van der Waals surface area contributed by atoms with Gasteiger partial charge in [0.05, 0.1) is 32.2 Å². The maximum atomic E-state index is 13.5. The van der Waals surface area contributed by atoms with Crippen LogP contribution in [-0.4, -0.2) is 53.1 Å². The first-order valence-electron chi connectivity index (χ1n) is 13.1. The molecule has 12 nitrogen and oxygen atoms in total. The van der Waals surface area contributed by atoms with E-state index in [1.54, 1.807) is 75.9 Å². The number of carbonyl (C=O) groups is 1. The summed E-state index contributed by atoms with van der Waals surface area (Å²) in [5, 5.41) is 7.11. The summed E-state index contributed by atoms with van der Waals surface area (Å²) in [6, 6.07) is 19.2. The Balaban J connectivity index is 1.35. The molecule has 1 N–H and O–H groups in total. The topological polar surface area (TPSA) is 140 Å². The van der Waals surface area contributed by atoms with Crippen LogP contribution in [0.3, 0.4) is 0 Å². The maximum absolute atomic E-state index is 13.5. The highest BCUT2D eigenvalue weighted by Gasteiger charge is 2.18. The van der Waals surface area contributed by atoms with Crippen LogP contribution in [0, 0.1) is 0 Å². The fraction of sp³-hybridized carbons (Fsp3) is 0.233. The highest BCUT2D eigenvalue weighted by molar-refractivity contribution is 5.81. The van der Waals surface area contributed by atoms with E-state index in [0.29, 0.717) is 47.1 Å². The highest BCUT2D eigenvalue weighted by Crippen LogP contribution is 2.27. The molecule has 0 atom stereocenters. The molecular formula is C30H29N5O7. The highest BCUT2D eigenvalue weighted by atomic mass is 16.5. The average molecular weight is 572 g/mol. The molecule has 42 heavy (non-hydrogen) atoms. The molecule has 0 aliphatic rings. The van der Waals surface area contributed by atoms with E-state index in [1.165, 1.54) is 4.57 Å². The van der Waals surface area contributed by atoms with E-state index in [2.05, 4.69) is 15.5 Å². The molecule has 12 heteroatoms.